The van der Waals surface area contributed by atoms with Crippen molar-refractivity contribution >= 4 is 10.0 Å². The van der Waals surface area contributed by atoms with E-state index in [4.69, 9.17) is 9.47 Å². The highest BCUT2D eigenvalue weighted by Gasteiger charge is 2.37. The summed E-state index contributed by atoms with van der Waals surface area (Å²) in [6, 6.07) is 0.0545. The Bertz CT molecular complexity index is 418. The van der Waals surface area contributed by atoms with Crippen LogP contribution in [0.2, 0.25) is 0 Å². The number of ether oxygens (including phenoxy) is 2. The molecule has 3 aliphatic rings. The van der Waals surface area contributed by atoms with Gasteiger partial charge in [0.15, 0.2) is 0 Å². The third-order valence-electron chi connectivity index (χ3n) is 4.15. The highest BCUT2D eigenvalue weighted by Crippen LogP contribution is 2.28. The molecule has 116 valence electrons. The Morgan fingerprint density at radius 3 is 2.75 bits per heavy atom. The molecule has 1 N–H and O–H groups in total. The second kappa shape index (κ2) is 6.27. The Balaban J connectivity index is 1.48. The average molecular weight is 304 g/mol. The fourth-order valence-corrected chi connectivity index (χ4v) is 4.56. The maximum Gasteiger partial charge on any atom is 0.214 e. The molecule has 0 aromatic carbocycles. The van der Waals surface area contributed by atoms with E-state index in [0.29, 0.717) is 19.8 Å². The maximum atomic E-state index is 12.0. The van der Waals surface area contributed by atoms with Crippen LogP contribution in [-0.2, 0) is 19.5 Å². The minimum atomic E-state index is -3.08. The number of piperidine rings is 1. The van der Waals surface area contributed by atoms with Crippen molar-refractivity contribution in [3.63, 3.8) is 0 Å². The van der Waals surface area contributed by atoms with Gasteiger partial charge in [-0.3, -0.25) is 4.90 Å². The summed E-state index contributed by atoms with van der Waals surface area (Å²) in [5, 5.41) is -0.132. The van der Waals surface area contributed by atoms with Crippen LogP contribution in [0, 0.1) is 0 Å². The largest absolute Gasteiger partial charge is 0.376 e. The lowest BCUT2D eigenvalue weighted by Crippen LogP contribution is -2.51. The quantitative estimate of drug-likeness (QED) is 0.771. The van der Waals surface area contributed by atoms with Crippen LogP contribution in [0.4, 0.5) is 0 Å². The maximum absolute atomic E-state index is 12.0. The lowest BCUT2D eigenvalue weighted by atomic mass is 10.1. The van der Waals surface area contributed by atoms with Gasteiger partial charge >= 0.3 is 0 Å². The molecule has 3 fully saturated rings. The second-order valence-corrected chi connectivity index (χ2v) is 8.02. The molecular formula is C13H24N2O4S. The van der Waals surface area contributed by atoms with E-state index in [1.165, 1.54) is 0 Å². The third-order valence-corrected chi connectivity index (χ3v) is 6.16. The molecule has 1 aliphatic carbocycles. The van der Waals surface area contributed by atoms with E-state index in [9.17, 15) is 8.42 Å². The molecule has 2 saturated heterocycles. The first-order chi connectivity index (χ1) is 9.63. The minimum Gasteiger partial charge on any atom is -0.376 e. The summed E-state index contributed by atoms with van der Waals surface area (Å²) in [4.78, 5) is 2.29. The first-order valence-electron chi connectivity index (χ1n) is 7.56. The average Bonchev–Trinajstić information content (AvgIpc) is 3.24. The van der Waals surface area contributed by atoms with Gasteiger partial charge in [0.1, 0.15) is 0 Å². The van der Waals surface area contributed by atoms with Gasteiger partial charge < -0.3 is 9.47 Å². The normalized spacial score (nSPS) is 33.2. The highest BCUT2D eigenvalue weighted by atomic mass is 32.2. The van der Waals surface area contributed by atoms with Gasteiger partial charge in [0.2, 0.25) is 10.0 Å². The Morgan fingerprint density at radius 2 is 2.05 bits per heavy atom. The van der Waals surface area contributed by atoms with Crippen molar-refractivity contribution in [3.05, 3.63) is 0 Å². The fraction of sp³-hybridized carbons (Fsp3) is 1.00. The zero-order valence-corrected chi connectivity index (χ0v) is 12.6. The van der Waals surface area contributed by atoms with Gasteiger partial charge in [0.05, 0.1) is 31.2 Å². The van der Waals surface area contributed by atoms with Crippen LogP contribution >= 0.6 is 0 Å². The fourth-order valence-electron chi connectivity index (χ4n) is 2.95. The van der Waals surface area contributed by atoms with Crippen molar-refractivity contribution in [3.8, 4) is 0 Å². The number of nitrogens with zero attached hydrogens (tertiary/aromatic N) is 1. The monoisotopic (exact) mass is 304 g/mol. The second-order valence-electron chi connectivity index (χ2n) is 6.03. The summed E-state index contributed by atoms with van der Waals surface area (Å²) >= 11 is 0. The van der Waals surface area contributed by atoms with Crippen LogP contribution in [-0.4, -0.2) is 70.2 Å². The van der Waals surface area contributed by atoms with Crippen LogP contribution in [0.15, 0.2) is 0 Å². The molecule has 2 heterocycles. The SMILES string of the molecule is O=S(=O)(NC1CCCN(CC2COCCO2)C1)C1CC1. The Morgan fingerprint density at radius 1 is 1.20 bits per heavy atom. The molecule has 0 amide bonds. The zero-order valence-electron chi connectivity index (χ0n) is 11.8. The van der Waals surface area contributed by atoms with E-state index in [1.807, 2.05) is 0 Å². The molecule has 3 rings (SSSR count). The Labute approximate surface area is 120 Å². The molecular weight excluding hydrogens is 280 g/mol. The first-order valence-corrected chi connectivity index (χ1v) is 9.11. The van der Waals surface area contributed by atoms with Crippen LogP contribution in [0.1, 0.15) is 25.7 Å². The van der Waals surface area contributed by atoms with E-state index >= 15 is 0 Å². The van der Waals surface area contributed by atoms with Crippen molar-refractivity contribution in [1.29, 1.82) is 0 Å². The third kappa shape index (κ3) is 3.92. The number of hydrogen-bond acceptors (Lipinski definition) is 5. The van der Waals surface area contributed by atoms with E-state index < -0.39 is 10.0 Å². The molecule has 2 aliphatic heterocycles. The molecule has 1 saturated carbocycles. The summed E-state index contributed by atoms with van der Waals surface area (Å²) in [5.41, 5.74) is 0. The number of rotatable bonds is 5. The predicted octanol–water partition coefficient (Wildman–Crippen LogP) is -0.0520. The molecule has 2 atom stereocenters. The van der Waals surface area contributed by atoms with Crippen molar-refractivity contribution in [1.82, 2.24) is 9.62 Å². The topological polar surface area (TPSA) is 67.9 Å². The first kappa shape index (κ1) is 14.7. The summed E-state index contributed by atoms with van der Waals surface area (Å²) in [6.45, 7) is 4.63. The molecule has 0 aromatic rings. The van der Waals surface area contributed by atoms with Crippen LogP contribution < -0.4 is 4.72 Å². The van der Waals surface area contributed by atoms with E-state index in [0.717, 1.165) is 45.3 Å². The van der Waals surface area contributed by atoms with Gasteiger partial charge in [-0.1, -0.05) is 0 Å². The predicted molar refractivity (Wildman–Crippen MR) is 75.1 cm³/mol. The van der Waals surface area contributed by atoms with Crippen molar-refractivity contribution in [2.45, 2.75) is 43.1 Å². The minimum absolute atomic E-state index is 0.0545. The molecule has 0 aromatic heterocycles. The number of nitrogens with one attached hydrogen (secondary N) is 1. The smallest absolute Gasteiger partial charge is 0.214 e. The van der Waals surface area contributed by atoms with Gasteiger partial charge in [0, 0.05) is 19.1 Å². The number of likely N-dealkylation sites (tertiary alicyclic amines) is 1. The van der Waals surface area contributed by atoms with Gasteiger partial charge in [-0.05, 0) is 32.2 Å². The Kier molecular flexibility index (Phi) is 4.62. The lowest BCUT2D eigenvalue weighted by Gasteiger charge is -2.35. The van der Waals surface area contributed by atoms with Crippen molar-refractivity contribution in [2.75, 3.05) is 39.5 Å². The Hall–Kier alpha value is -0.210. The molecule has 0 radical (unpaired) electrons. The van der Waals surface area contributed by atoms with Crippen LogP contribution in [0.5, 0.6) is 0 Å². The summed E-state index contributed by atoms with van der Waals surface area (Å²) in [5.74, 6) is 0. The number of sulfonamides is 1. The molecule has 7 heteroatoms. The van der Waals surface area contributed by atoms with Crippen molar-refractivity contribution < 1.29 is 17.9 Å². The standard InChI is InChI=1S/C13H24N2O4S/c16-20(17,13-3-4-13)14-11-2-1-5-15(8-11)9-12-10-18-6-7-19-12/h11-14H,1-10H2. The molecule has 0 spiro atoms. The highest BCUT2D eigenvalue weighted by molar-refractivity contribution is 7.90. The van der Waals surface area contributed by atoms with Crippen molar-refractivity contribution in [2.24, 2.45) is 0 Å². The summed E-state index contributed by atoms with van der Waals surface area (Å²) in [6.07, 6.45) is 3.73. The summed E-state index contributed by atoms with van der Waals surface area (Å²) in [7, 11) is -3.08. The van der Waals surface area contributed by atoms with E-state index in [1.54, 1.807) is 0 Å². The van der Waals surface area contributed by atoms with Gasteiger partial charge in [0.25, 0.3) is 0 Å². The lowest BCUT2D eigenvalue weighted by molar-refractivity contribution is -0.0990. The van der Waals surface area contributed by atoms with E-state index in [-0.39, 0.29) is 17.4 Å². The van der Waals surface area contributed by atoms with E-state index in [2.05, 4.69) is 9.62 Å². The van der Waals surface area contributed by atoms with Gasteiger partial charge in [-0.25, -0.2) is 13.1 Å². The molecule has 2 unspecified atom stereocenters. The van der Waals surface area contributed by atoms with Crippen LogP contribution in [0.25, 0.3) is 0 Å². The molecule has 6 nitrogen and oxygen atoms in total. The summed E-state index contributed by atoms with van der Waals surface area (Å²) < 4.78 is 37.9. The molecule has 0 bridgehead atoms. The molecule has 20 heavy (non-hydrogen) atoms. The van der Waals surface area contributed by atoms with Gasteiger partial charge in [-0.2, -0.15) is 0 Å². The van der Waals surface area contributed by atoms with Crippen LogP contribution in [0.3, 0.4) is 0 Å². The zero-order chi connectivity index (χ0) is 14.0. The number of hydrogen-bond donors (Lipinski definition) is 1. The van der Waals surface area contributed by atoms with Gasteiger partial charge in [-0.15, -0.1) is 0 Å².